The first kappa shape index (κ1) is 40.6. The van der Waals surface area contributed by atoms with Gasteiger partial charge in [-0.2, -0.15) is 0 Å². The zero-order valence-electron chi connectivity index (χ0n) is 31.7. The Morgan fingerprint density at radius 1 is 0.981 bits per heavy atom. The normalized spacial score (nSPS) is 21.1. The highest BCUT2D eigenvalue weighted by molar-refractivity contribution is 6.38. The molecule has 0 aromatic carbocycles. The summed E-state index contributed by atoms with van der Waals surface area (Å²) in [5.74, 6) is -2.21. The molecule has 5 atom stereocenters. The van der Waals surface area contributed by atoms with E-state index < -0.39 is 47.0 Å². The number of nitrogens with one attached hydrogen (secondary N) is 1. The number of carbonyl (C=O) groups is 5. The second-order valence-electron chi connectivity index (χ2n) is 16.4. The third-order valence-electron chi connectivity index (χ3n) is 11.1. The standard InChI is InChI=1S/C41H56ClN5O6/c1-5-9-28(39(51)36(50)18-26-12-13-26)19-34(48)33-20-31(53-37-15-14-29(42)22-45-37)25-47(33)40(52)32(41(2,3)4)21-35(49)38(27-10-7-6-8-11-27)46-24-30-23-43-16-17-44-30/h14-17,22-23,26-28,31-33,38,46H,5-13,18-21,24-25H2,1-4H3/t28-,31-,32-,33-,38+/m1/s1. The molecule has 1 amide bonds. The van der Waals surface area contributed by atoms with E-state index in [1.54, 1.807) is 35.6 Å². The number of aromatic nitrogens is 3. The molecule has 0 bridgehead atoms. The van der Waals surface area contributed by atoms with E-state index in [4.69, 9.17) is 16.3 Å². The van der Waals surface area contributed by atoms with E-state index >= 15 is 0 Å². The molecule has 1 N–H and O–H groups in total. The van der Waals surface area contributed by atoms with Crippen LogP contribution in [0, 0.1) is 29.1 Å². The Kier molecular flexibility index (Phi) is 14.3. The largest absolute Gasteiger partial charge is 0.472 e. The van der Waals surface area contributed by atoms with Crippen molar-refractivity contribution in [3.63, 3.8) is 0 Å². The van der Waals surface area contributed by atoms with Gasteiger partial charge in [0.05, 0.1) is 29.3 Å². The minimum atomic E-state index is -0.880. The van der Waals surface area contributed by atoms with Crippen molar-refractivity contribution in [1.29, 1.82) is 0 Å². The van der Waals surface area contributed by atoms with Gasteiger partial charge in [-0.15, -0.1) is 0 Å². The quantitative estimate of drug-likeness (QED) is 0.157. The molecule has 2 saturated carbocycles. The summed E-state index contributed by atoms with van der Waals surface area (Å²) >= 11 is 6.05. The monoisotopic (exact) mass is 749 g/mol. The fraction of sp³-hybridized carbons (Fsp3) is 0.659. The highest BCUT2D eigenvalue weighted by Crippen LogP contribution is 2.37. The molecule has 12 heteroatoms. The summed E-state index contributed by atoms with van der Waals surface area (Å²) in [6, 6.07) is 1.97. The van der Waals surface area contributed by atoms with Crippen LogP contribution in [0.5, 0.6) is 5.88 Å². The van der Waals surface area contributed by atoms with Crippen LogP contribution in [0.15, 0.2) is 36.9 Å². The van der Waals surface area contributed by atoms with E-state index in [2.05, 4.69) is 20.3 Å². The molecule has 1 saturated heterocycles. The Morgan fingerprint density at radius 3 is 2.36 bits per heavy atom. The van der Waals surface area contributed by atoms with Crippen LogP contribution in [0.4, 0.5) is 0 Å². The van der Waals surface area contributed by atoms with Crippen molar-refractivity contribution in [3.05, 3.63) is 47.6 Å². The average molecular weight is 750 g/mol. The van der Waals surface area contributed by atoms with Crippen molar-refractivity contribution in [2.75, 3.05) is 6.54 Å². The number of amides is 1. The van der Waals surface area contributed by atoms with Crippen molar-refractivity contribution in [2.24, 2.45) is 29.1 Å². The molecule has 0 unspecified atom stereocenters. The highest BCUT2D eigenvalue weighted by Gasteiger charge is 2.47. The van der Waals surface area contributed by atoms with E-state index in [0.717, 1.165) is 50.6 Å². The molecule has 1 aliphatic heterocycles. The fourth-order valence-corrected chi connectivity index (χ4v) is 8.05. The predicted octanol–water partition coefficient (Wildman–Crippen LogP) is 6.55. The van der Waals surface area contributed by atoms with Gasteiger partial charge in [0.25, 0.3) is 0 Å². The summed E-state index contributed by atoms with van der Waals surface area (Å²) in [6.45, 7) is 8.28. The van der Waals surface area contributed by atoms with Crippen LogP contribution < -0.4 is 10.1 Å². The number of likely N-dealkylation sites (tertiary alicyclic amines) is 1. The van der Waals surface area contributed by atoms with Gasteiger partial charge in [-0.25, -0.2) is 4.98 Å². The molecular weight excluding hydrogens is 694 g/mol. The molecule has 2 aromatic heterocycles. The summed E-state index contributed by atoms with van der Waals surface area (Å²) in [6.07, 6.45) is 14.2. The van der Waals surface area contributed by atoms with E-state index in [9.17, 15) is 24.0 Å². The van der Waals surface area contributed by atoms with Crippen molar-refractivity contribution in [3.8, 4) is 5.88 Å². The maximum atomic E-state index is 14.8. The van der Waals surface area contributed by atoms with Crippen molar-refractivity contribution >= 4 is 40.6 Å². The lowest BCUT2D eigenvalue weighted by atomic mass is 9.74. The van der Waals surface area contributed by atoms with Crippen LogP contribution in [0.25, 0.3) is 0 Å². The second-order valence-corrected chi connectivity index (χ2v) is 16.9. The lowest BCUT2D eigenvalue weighted by Gasteiger charge is -2.37. The molecule has 3 aliphatic rings. The zero-order chi connectivity index (χ0) is 38.1. The van der Waals surface area contributed by atoms with Crippen LogP contribution in [-0.2, 0) is 30.5 Å². The molecule has 0 radical (unpaired) electrons. The number of hydrogen-bond acceptors (Lipinski definition) is 10. The van der Waals surface area contributed by atoms with Crippen LogP contribution in [0.3, 0.4) is 0 Å². The third-order valence-corrected chi connectivity index (χ3v) is 11.4. The minimum Gasteiger partial charge on any atom is -0.472 e. The first-order chi connectivity index (χ1) is 25.3. The van der Waals surface area contributed by atoms with Gasteiger partial charge in [-0.1, -0.05) is 65.0 Å². The summed E-state index contributed by atoms with van der Waals surface area (Å²) in [5.41, 5.74) is 0.118. The van der Waals surface area contributed by atoms with Gasteiger partial charge in [0.1, 0.15) is 6.10 Å². The maximum Gasteiger partial charge on any atom is 0.227 e. The number of hydrogen-bond donors (Lipinski definition) is 1. The zero-order valence-corrected chi connectivity index (χ0v) is 32.5. The summed E-state index contributed by atoms with van der Waals surface area (Å²) in [7, 11) is 0. The van der Waals surface area contributed by atoms with Crippen LogP contribution >= 0.6 is 11.6 Å². The first-order valence-corrected chi connectivity index (χ1v) is 19.9. The molecule has 11 nitrogen and oxygen atoms in total. The van der Waals surface area contributed by atoms with Gasteiger partial charge in [-0.05, 0) is 55.4 Å². The number of ketones is 4. The summed E-state index contributed by atoms with van der Waals surface area (Å²) < 4.78 is 6.19. The Morgan fingerprint density at radius 2 is 1.74 bits per heavy atom. The Labute approximate surface area is 318 Å². The lowest BCUT2D eigenvalue weighted by Crippen LogP contribution is -2.50. The molecule has 5 rings (SSSR count). The van der Waals surface area contributed by atoms with Crippen molar-refractivity contribution in [2.45, 2.75) is 136 Å². The molecule has 288 valence electrons. The van der Waals surface area contributed by atoms with Crippen molar-refractivity contribution < 1.29 is 28.7 Å². The number of ether oxygens (including phenoxy) is 1. The van der Waals surface area contributed by atoms with E-state index in [-0.39, 0.29) is 61.5 Å². The van der Waals surface area contributed by atoms with Crippen LogP contribution in [-0.4, -0.2) is 73.6 Å². The number of pyridine rings is 1. The maximum absolute atomic E-state index is 14.8. The first-order valence-electron chi connectivity index (χ1n) is 19.5. The van der Waals surface area contributed by atoms with Crippen LogP contribution in [0.2, 0.25) is 5.02 Å². The van der Waals surface area contributed by atoms with Crippen molar-refractivity contribution in [1.82, 2.24) is 25.2 Å². The predicted molar refractivity (Wildman–Crippen MR) is 201 cm³/mol. The SMILES string of the molecule is CCC[C@H](CC(=O)[C@H]1C[C@@H](Oc2ccc(Cl)cn2)CN1C(=O)[C@@H](CC(=O)[C@@H](NCc1cnccn1)C1CCCCC1)C(C)(C)C)C(=O)C(=O)CC1CC1. The smallest absolute Gasteiger partial charge is 0.227 e. The van der Waals surface area contributed by atoms with Gasteiger partial charge in [0, 0.05) is 74.9 Å². The number of Topliss-reactive ketones (excluding diaryl/α,β-unsaturated/α-hetero) is 4. The number of carbonyl (C=O) groups excluding carboxylic acids is 5. The highest BCUT2D eigenvalue weighted by atomic mass is 35.5. The number of nitrogens with zero attached hydrogens (tertiary/aromatic N) is 4. The fourth-order valence-electron chi connectivity index (χ4n) is 7.94. The molecule has 3 fully saturated rings. The Hall–Kier alpha value is -3.57. The Bertz CT molecular complexity index is 1570. The lowest BCUT2D eigenvalue weighted by molar-refractivity contribution is -0.147. The van der Waals surface area contributed by atoms with Crippen LogP contribution in [0.1, 0.15) is 117 Å². The molecule has 3 heterocycles. The third kappa shape index (κ3) is 11.5. The molecular formula is C41H56ClN5O6. The van der Waals surface area contributed by atoms with Gasteiger partial charge < -0.3 is 15.0 Å². The summed E-state index contributed by atoms with van der Waals surface area (Å²) in [5, 5.41) is 3.93. The minimum absolute atomic E-state index is 0.00521. The topological polar surface area (TPSA) is 149 Å². The van der Waals surface area contributed by atoms with Gasteiger partial charge in [-0.3, -0.25) is 33.9 Å². The average Bonchev–Trinajstić information content (AvgIpc) is 3.86. The van der Waals surface area contributed by atoms with E-state index in [1.807, 2.05) is 27.7 Å². The molecule has 53 heavy (non-hydrogen) atoms. The van der Waals surface area contributed by atoms with E-state index in [0.29, 0.717) is 30.3 Å². The van der Waals surface area contributed by atoms with Gasteiger partial charge in [0.2, 0.25) is 17.6 Å². The van der Waals surface area contributed by atoms with Gasteiger partial charge >= 0.3 is 0 Å². The molecule has 2 aromatic rings. The molecule has 2 aliphatic carbocycles. The van der Waals surface area contributed by atoms with E-state index in [1.165, 1.54) is 6.20 Å². The molecule has 0 spiro atoms. The number of rotatable bonds is 19. The second kappa shape index (κ2) is 18.7. The Balaban J connectivity index is 1.37. The summed E-state index contributed by atoms with van der Waals surface area (Å²) in [4.78, 5) is 84.0. The number of halogens is 1. The van der Waals surface area contributed by atoms with Gasteiger partial charge in [0.15, 0.2) is 17.3 Å².